The van der Waals surface area contributed by atoms with E-state index in [9.17, 15) is 9.59 Å². The van der Waals surface area contributed by atoms with Crippen LogP contribution in [-0.4, -0.2) is 33.6 Å². The number of rotatable bonds is 6. The summed E-state index contributed by atoms with van der Waals surface area (Å²) in [6.07, 6.45) is 1.73. The van der Waals surface area contributed by atoms with Crippen molar-refractivity contribution >= 4 is 23.6 Å². The Balaban J connectivity index is 1.71. The number of nitrogens with zero attached hydrogens (tertiary/aromatic N) is 3. The number of carbonyl (C=O) groups is 2. The first kappa shape index (κ1) is 20.6. The molecular weight excluding hydrogens is 418 g/mol. The number of allylic oxidation sites excluding steroid dienone is 1. The largest absolute Gasteiger partial charge is 0.463 e. The molecule has 0 radical (unpaired) electrons. The van der Waals surface area contributed by atoms with Gasteiger partial charge in [0.2, 0.25) is 0 Å². The normalized spacial score (nSPS) is 15.9. The summed E-state index contributed by atoms with van der Waals surface area (Å²) >= 11 is 6.06. The van der Waals surface area contributed by atoms with E-state index < -0.39 is 18.0 Å². The molecule has 1 aromatic heterocycles. The highest BCUT2D eigenvalue weighted by Crippen LogP contribution is 2.28. The highest BCUT2D eigenvalue weighted by Gasteiger charge is 2.33. The lowest BCUT2D eigenvalue weighted by Gasteiger charge is -2.29. The van der Waals surface area contributed by atoms with Crippen molar-refractivity contribution in [1.82, 2.24) is 25.6 Å². The molecule has 2 N–H and O–H groups in total. The van der Waals surface area contributed by atoms with Gasteiger partial charge < -0.3 is 15.4 Å². The summed E-state index contributed by atoms with van der Waals surface area (Å²) in [5, 5.41) is 14.5. The van der Waals surface area contributed by atoms with E-state index in [-0.39, 0.29) is 13.2 Å². The van der Waals surface area contributed by atoms with Gasteiger partial charge in [0.25, 0.3) is 0 Å². The molecule has 0 bridgehead atoms. The number of aromatic nitrogens is 3. The van der Waals surface area contributed by atoms with Crippen molar-refractivity contribution in [2.24, 2.45) is 0 Å². The molecule has 0 fully saturated rings. The van der Waals surface area contributed by atoms with Crippen LogP contribution in [0.4, 0.5) is 4.79 Å². The van der Waals surface area contributed by atoms with Crippen molar-refractivity contribution in [2.75, 3.05) is 6.61 Å². The Labute approximate surface area is 183 Å². The second-order valence-electron chi connectivity index (χ2n) is 6.87. The van der Waals surface area contributed by atoms with Crippen LogP contribution in [0.15, 0.2) is 72.1 Å². The summed E-state index contributed by atoms with van der Waals surface area (Å²) in [6, 6.07) is 15.5. The van der Waals surface area contributed by atoms with Crippen LogP contribution in [0, 0.1) is 0 Å². The fourth-order valence-corrected chi connectivity index (χ4v) is 3.60. The van der Waals surface area contributed by atoms with Gasteiger partial charge in [-0.25, -0.2) is 14.3 Å². The predicted molar refractivity (Wildman–Crippen MR) is 115 cm³/mol. The highest BCUT2D eigenvalue weighted by atomic mass is 35.5. The molecule has 0 saturated heterocycles. The zero-order valence-electron chi connectivity index (χ0n) is 16.7. The lowest BCUT2D eigenvalue weighted by atomic mass is 9.95. The van der Waals surface area contributed by atoms with Gasteiger partial charge >= 0.3 is 12.0 Å². The van der Waals surface area contributed by atoms with Gasteiger partial charge in [-0.15, -0.1) is 5.10 Å². The molecule has 2 aromatic carbocycles. The minimum atomic E-state index is -0.639. The van der Waals surface area contributed by atoms with Crippen LogP contribution in [-0.2, 0) is 16.1 Å². The van der Waals surface area contributed by atoms with Crippen molar-refractivity contribution < 1.29 is 14.3 Å². The van der Waals surface area contributed by atoms with E-state index in [2.05, 4.69) is 20.9 Å². The van der Waals surface area contributed by atoms with Gasteiger partial charge in [0.1, 0.15) is 5.69 Å². The third-order valence-corrected chi connectivity index (χ3v) is 5.00. The summed E-state index contributed by atoms with van der Waals surface area (Å²) in [4.78, 5) is 25.2. The van der Waals surface area contributed by atoms with Crippen LogP contribution in [0.2, 0.25) is 5.02 Å². The van der Waals surface area contributed by atoms with Gasteiger partial charge in [-0.1, -0.05) is 59.3 Å². The number of halogens is 1. The Morgan fingerprint density at radius 2 is 2.00 bits per heavy atom. The Bertz CT molecular complexity index is 1140. The molecule has 1 aliphatic heterocycles. The number of amides is 2. The van der Waals surface area contributed by atoms with Crippen molar-refractivity contribution in [2.45, 2.75) is 19.5 Å². The predicted octanol–water partition coefficient (Wildman–Crippen LogP) is 3.47. The average molecular weight is 438 g/mol. The molecule has 0 spiro atoms. The Morgan fingerprint density at radius 3 is 2.74 bits per heavy atom. The molecule has 2 heterocycles. The molecule has 1 atom stereocenters. The fraction of sp³-hybridized carbons (Fsp3) is 0.182. The minimum absolute atomic E-state index is 0.137. The van der Waals surface area contributed by atoms with E-state index in [1.54, 1.807) is 29.9 Å². The Hall–Kier alpha value is -3.65. The number of carbonyl (C=O) groups excluding carboxylic acids is 2. The molecular formula is C22H20ClN5O3. The van der Waals surface area contributed by atoms with E-state index in [0.717, 1.165) is 11.1 Å². The van der Waals surface area contributed by atoms with Crippen LogP contribution >= 0.6 is 11.6 Å². The van der Waals surface area contributed by atoms with Gasteiger partial charge in [0, 0.05) is 10.6 Å². The zero-order valence-corrected chi connectivity index (χ0v) is 17.5. The number of hydrogen-bond donors (Lipinski definition) is 2. The van der Waals surface area contributed by atoms with E-state index >= 15 is 0 Å². The van der Waals surface area contributed by atoms with Crippen molar-refractivity contribution in [3.8, 4) is 11.3 Å². The molecule has 8 nitrogen and oxygen atoms in total. The van der Waals surface area contributed by atoms with Gasteiger partial charge in [0.15, 0.2) is 0 Å². The minimum Gasteiger partial charge on any atom is -0.463 e. The molecule has 0 aliphatic carbocycles. The molecule has 31 heavy (non-hydrogen) atoms. The van der Waals surface area contributed by atoms with Crippen molar-refractivity contribution in [3.63, 3.8) is 0 Å². The quantitative estimate of drug-likeness (QED) is 0.575. The number of urea groups is 1. The van der Waals surface area contributed by atoms with Crippen LogP contribution in [0.3, 0.4) is 0 Å². The van der Waals surface area contributed by atoms with Crippen molar-refractivity contribution in [1.29, 1.82) is 0 Å². The third kappa shape index (κ3) is 4.59. The third-order valence-electron chi connectivity index (χ3n) is 4.76. The number of benzene rings is 2. The van der Waals surface area contributed by atoms with Crippen LogP contribution in [0.5, 0.6) is 0 Å². The SMILES string of the molecule is CCOC(=O)C1=C(Cn2cc(-c3cccc(Cl)c3)nn2)NC(=O)NC1c1ccccc1. The number of ether oxygens (including phenoxy) is 1. The zero-order chi connectivity index (χ0) is 21.8. The van der Waals surface area contributed by atoms with E-state index in [0.29, 0.717) is 22.0 Å². The summed E-state index contributed by atoms with van der Waals surface area (Å²) in [7, 11) is 0. The second-order valence-corrected chi connectivity index (χ2v) is 7.30. The molecule has 3 aromatic rings. The lowest BCUT2D eigenvalue weighted by molar-refractivity contribution is -0.139. The summed E-state index contributed by atoms with van der Waals surface area (Å²) in [5.74, 6) is -0.506. The molecule has 4 rings (SSSR count). The Kier molecular flexibility index (Phi) is 5.99. The maximum absolute atomic E-state index is 12.8. The molecule has 2 amide bonds. The van der Waals surface area contributed by atoms with Crippen molar-refractivity contribution in [3.05, 3.63) is 82.7 Å². The number of hydrogen-bond acceptors (Lipinski definition) is 5. The lowest BCUT2D eigenvalue weighted by Crippen LogP contribution is -2.46. The Morgan fingerprint density at radius 1 is 1.19 bits per heavy atom. The van der Waals surface area contributed by atoms with E-state index in [4.69, 9.17) is 16.3 Å². The smallest absolute Gasteiger partial charge is 0.338 e. The summed E-state index contributed by atoms with van der Waals surface area (Å²) in [6.45, 7) is 2.09. The van der Waals surface area contributed by atoms with Crippen LogP contribution < -0.4 is 10.6 Å². The van der Waals surface area contributed by atoms with Crippen LogP contribution in [0.1, 0.15) is 18.5 Å². The van der Waals surface area contributed by atoms with Gasteiger partial charge in [-0.3, -0.25) is 0 Å². The fourth-order valence-electron chi connectivity index (χ4n) is 3.41. The maximum atomic E-state index is 12.8. The molecule has 1 unspecified atom stereocenters. The standard InChI is InChI=1S/C22H20ClN5O3/c1-2-31-21(29)19-18(24-22(30)25-20(19)14-7-4-3-5-8-14)13-28-12-17(26-27-28)15-9-6-10-16(23)11-15/h3-12,20H,2,13H2,1H3,(H2,24,25,30). The number of nitrogens with one attached hydrogen (secondary N) is 2. The average Bonchev–Trinajstić information content (AvgIpc) is 3.22. The molecule has 1 aliphatic rings. The molecule has 158 valence electrons. The van der Waals surface area contributed by atoms with Gasteiger partial charge in [0.05, 0.1) is 36.7 Å². The monoisotopic (exact) mass is 437 g/mol. The first-order valence-corrected chi connectivity index (χ1v) is 10.1. The second kappa shape index (κ2) is 9.01. The van der Waals surface area contributed by atoms with E-state index in [1.165, 1.54) is 0 Å². The first-order valence-electron chi connectivity index (χ1n) is 9.74. The molecule has 0 saturated carbocycles. The van der Waals surface area contributed by atoms with E-state index in [1.807, 2.05) is 42.5 Å². The first-order chi connectivity index (χ1) is 15.0. The summed E-state index contributed by atoms with van der Waals surface area (Å²) in [5.41, 5.74) is 2.94. The topological polar surface area (TPSA) is 98.1 Å². The number of esters is 1. The van der Waals surface area contributed by atoms with Gasteiger partial charge in [-0.2, -0.15) is 0 Å². The maximum Gasteiger partial charge on any atom is 0.338 e. The summed E-state index contributed by atoms with van der Waals surface area (Å²) < 4.78 is 6.83. The molecule has 9 heteroatoms. The van der Waals surface area contributed by atoms with Crippen LogP contribution in [0.25, 0.3) is 11.3 Å². The van der Waals surface area contributed by atoms with Gasteiger partial charge in [-0.05, 0) is 24.6 Å². The highest BCUT2D eigenvalue weighted by molar-refractivity contribution is 6.30.